The van der Waals surface area contributed by atoms with Crippen molar-refractivity contribution in [2.75, 3.05) is 6.61 Å². The Labute approximate surface area is 211 Å². The number of aliphatic hydroxyl groups excluding tert-OH is 1. The molecule has 36 heavy (non-hydrogen) atoms. The fourth-order valence-corrected chi connectivity index (χ4v) is 3.97. The van der Waals surface area contributed by atoms with Crippen LogP contribution in [-0.4, -0.2) is 46.1 Å². The summed E-state index contributed by atoms with van der Waals surface area (Å²) >= 11 is 0. The molecule has 0 bridgehead atoms. The highest BCUT2D eigenvalue weighted by molar-refractivity contribution is 6.02. The summed E-state index contributed by atoms with van der Waals surface area (Å²) in [4.78, 5) is 40.0. The summed E-state index contributed by atoms with van der Waals surface area (Å²) in [6.45, 7) is 5.08. The van der Waals surface area contributed by atoms with Crippen molar-refractivity contribution in [3.63, 3.8) is 0 Å². The molecule has 0 saturated carbocycles. The fraction of sp³-hybridized carbons (Fsp3) is 0.310. The van der Waals surface area contributed by atoms with Crippen LogP contribution >= 0.6 is 0 Å². The maximum absolute atomic E-state index is 13.3. The number of esters is 1. The van der Waals surface area contributed by atoms with Gasteiger partial charge in [-0.25, -0.2) is 9.59 Å². The number of ether oxygens (including phenoxy) is 1. The van der Waals surface area contributed by atoms with E-state index in [1.54, 1.807) is 37.9 Å². The molecule has 3 rings (SSSR count). The first kappa shape index (κ1) is 26.7. The maximum atomic E-state index is 13.3. The zero-order valence-corrected chi connectivity index (χ0v) is 20.8. The van der Waals surface area contributed by atoms with Gasteiger partial charge in [-0.3, -0.25) is 4.79 Å². The molecule has 1 heterocycles. The van der Waals surface area contributed by atoms with E-state index in [9.17, 15) is 19.5 Å². The van der Waals surface area contributed by atoms with Crippen LogP contribution in [0.1, 0.15) is 50.8 Å². The third-order valence-electron chi connectivity index (χ3n) is 5.52. The van der Waals surface area contributed by atoms with Crippen LogP contribution in [0.5, 0.6) is 0 Å². The van der Waals surface area contributed by atoms with Gasteiger partial charge in [0.2, 0.25) is 0 Å². The number of hydrogen-bond acceptors (Lipinski definition) is 6. The van der Waals surface area contributed by atoms with Crippen LogP contribution in [0.25, 0.3) is 0 Å². The standard InChI is InChI=1S/C29H32N2O5/c1-29(2,3)36-28(35)24(17-11-19-32)30-27(34)23-16-10-18-31(25(23)20-33)26(21-12-6-4-7-13-21)22-14-8-5-9-15-22/h4-10,12-16,18,24,26,32H,11,17,19H2,1-3H3,(H,30,34). The Bertz CT molecular complexity index is 1120. The Morgan fingerprint density at radius 1 is 1.03 bits per heavy atom. The van der Waals surface area contributed by atoms with E-state index in [1.165, 1.54) is 6.08 Å². The average Bonchev–Trinajstić information content (AvgIpc) is 2.86. The lowest BCUT2D eigenvalue weighted by Crippen LogP contribution is -2.45. The van der Waals surface area contributed by atoms with Crippen LogP contribution < -0.4 is 5.32 Å². The average molecular weight is 489 g/mol. The molecule has 188 valence electrons. The minimum Gasteiger partial charge on any atom is -0.458 e. The van der Waals surface area contributed by atoms with E-state index in [4.69, 9.17) is 4.74 Å². The molecule has 1 aliphatic heterocycles. The molecule has 7 nitrogen and oxygen atoms in total. The predicted molar refractivity (Wildman–Crippen MR) is 137 cm³/mol. The first-order chi connectivity index (χ1) is 17.2. The quantitative estimate of drug-likeness (QED) is 0.411. The van der Waals surface area contributed by atoms with Gasteiger partial charge in [0.15, 0.2) is 5.94 Å². The topological polar surface area (TPSA) is 95.9 Å². The number of carbonyl (C=O) groups excluding carboxylic acids is 3. The molecule has 2 aromatic carbocycles. The van der Waals surface area contributed by atoms with Crippen molar-refractivity contribution in [1.82, 2.24) is 10.2 Å². The Morgan fingerprint density at radius 3 is 2.11 bits per heavy atom. The van der Waals surface area contributed by atoms with E-state index in [2.05, 4.69) is 5.32 Å². The molecule has 1 unspecified atom stereocenters. The van der Waals surface area contributed by atoms with E-state index < -0.39 is 23.5 Å². The number of carbonyl (C=O) groups is 2. The molecule has 1 atom stereocenters. The summed E-state index contributed by atoms with van der Waals surface area (Å²) < 4.78 is 5.45. The van der Waals surface area contributed by atoms with E-state index in [0.717, 1.165) is 11.1 Å². The molecular formula is C29H32N2O5. The molecule has 2 aromatic rings. The van der Waals surface area contributed by atoms with Gasteiger partial charge in [-0.05, 0) is 56.9 Å². The van der Waals surface area contributed by atoms with Gasteiger partial charge in [0.05, 0.1) is 11.6 Å². The summed E-state index contributed by atoms with van der Waals surface area (Å²) in [5, 5.41) is 12.0. The molecule has 0 fully saturated rings. The number of allylic oxidation sites excluding steroid dienone is 2. The summed E-state index contributed by atoms with van der Waals surface area (Å²) in [6, 6.07) is 18.0. The van der Waals surface area contributed by atoms with Gasteiger partial charge < -0.3 is 20.1 Å². The smallest absolute Gasteiger partial charge is 0.329 e. The van der Waals surface area contributed by atoms with Crippen molar-refractivity contribution in [1.29, 1.82) is 0 Å². The second-order valence-corrected chi connectivity index (χ2v) is 9.43. The van der Waals surface area contributed by atoms with E-state index in [1.807, 2.05) is 66.6 Å². The second kappa shape index (κ2) is 12.2. The third-order valence-corrected chi connectivity index (χ3v) is 5.52. The Hall–Kier alpha value is -3.93. The summed E-state index contributed by atoms with van der Waals surface area (Å²) in [5.41, 5.74) is 1.25. The van der Waals surface area contributed by atoms with Gasteiger partial charge >= 0.3 is 5.97 Å². The van der Waals surface area contributed by atoms with Crippen LogP contribution in [0.15, 0.2) is 90.3 Å². The molecule has 0 spiro atoms. The monoisotopic (exact) mass is 488 g/mol. The first-order valence-corrected chi connectivity index (χ1v) is 11.9. The van der Waals surface area contributed by atoms with Crippen LogP contribution in [0.2, 0.25) is 0 Å². The van der Waals surface area contributed by atoms with Gasteiger partial charge in [-0.1, -0.05) is 60.7 Å². The molecule has 0 radical (unpaired) electrons. The number of amides is 1. The van der Waals surface area contributed by atoms with Crippen LogP contribution in [0.4, 0.5) is 0 Å². The normalized spacial score (nSPS) is 14.2. The molecule has 1 aliphatic rings. The van der Waals surface area contributed by atoms with Crippen molar-refractivity contribution in [2.45, 2.75) is 51.3 Å². The van der Waals surface area contributed by atoms with Crippen molar-refractivity contribution >= 4 is 17.8 Å². The van der Waals surface area contributed by atoms with Crippen LogP contribution in [0.3, 0.4) is 0 Å². The van der Waals surface area contributed by atoms with Crippen molar-refractivity contribution in [3.05, 3.63) is 101 Å². The largest absolute Gasteiger partial charge is 0.458 e. The third kappa shape index (κ3) is 6.81. The van der Waals surface area contributed by atoms with Crippen molar-refractivity contribution < 1.29 is 24.2 Å². The molecule has 0 saturated heterocycles. The van der Waals surface area contributed by atoms with Crippen LogP contribution in [0, 0.1) is 0 Å². The molecule has 7 heteroatoms. The van der Waals surface area contributed by atoms with E-state index in [0.29, 0.717) is 6.42 Å². The van der Waals surface area contributed by atoms with E-state index >= 15 is 0 Å². The number of rotatable bonds is 9. The lowest BCUT2D eigenvalue weighted by molar-refractivity contribution is -0.158. The van der Waals surface area contributed by atoms with Gasteiger partial charge in [-0.2, -0.15) is 0 Å². The minimum absolute atomic E-state index is 0.0535. The Balaban J connectivity index is 1.91. The Kier molecular flexibility index (Phi) is 9.01. The molecule has 0 aliphatic carbocycles. The number of hydrogen-bond donors (Lipinski definition) is 2. The Morgan fingerprint density at radius 2 is 1.61 bits per heavy atom. The first-order valence-electron chi connectivity index (χ1n) is 11.9. The van der Waals surface area contributed by atoms with Crippen LogP contribution in [-0.2, 0) is 19.1 Å². The number of benzene rings is 2. The van der Waals surface area contributed by atoms with Gasteiger partial charge in [0.1, 0.15) is 17.3 Å². The molecule has 0 aromatic heterocycles. The highest BCUT2D eigenvalue weighted by Gasteiger charge is 2.32. The fourth-order valence-electron chi connectivity index (χ4n) is 3.97. The minimum atomic E-state index is -0.976. The number of aliphatic hydroxyl groups is 1. The number of nitrogens with zero attached hydrogens (tertiary/aromatic N) is 1. The second-order valence-electron chi connectivity index (χ2n) is 9.43. The lowest BCUT2D eigenvalue weighted by Gasteiger charge is -2.34. The van der Waals surface area contributed by atoms with Gasteiger partial charge in [-0.15, -0.1) is 0 Å². The summed E-state index contributed by atoms with van der Waals surface area (Å²) in [6.07, 6.45) is 5.44. The zero-order chi connectivity index (χ0) is 26.1. The molecular weight excluding hydrogens is 456 g/mol. The van der Waals surface area contributed by atoms with Gasteiger partial charge in [0, 0.05) is 12.8 Å². The highest BCUT2D eigenvalue weighted by Crippen LogP contribution is 2.35. The van der Waals surface area contributed by atoms with Crippen molar-refractivity contribution in [2.24, 2.45) is 0 Å². The number of nitrogens with one attached hydrogen (secondary N) is 1. The molecule has 2 N–H and O–H groups in total. The summed E-state index contributed by atoms with van der Waals surface area (Å²) in [5.74, 6) is 0.744. The molecule has 1 amide bonds. The zero-order valence-electron chi connectivity index (χ0n) is 20.8. The SMILES string of the molecule is CC(C)(C)OC(=O)C(CCCO)NC(=O)C1=CC=CN(C(c2ccccc2)c2ccccc2)C1=C=O. The highest BCUT2D eigenvalue weighted by atomic mass is 16.6. The maximum Gasteiger partial charge on any atom is 0.329 e. The van der Waals surface area contributed by atoms with Gasteiger partial charge in [0.25, 0.3) is 5.91 Å². The van der Waals surface area contributed by atoms with Crippen molar-refractivity contribution in [3.8, 4) is 0 Å². The summed E-state index contributed by atoms with van der Waals surface area (Å²) in [7, 11) is 0. The predicted octanol–water partition coefficient (Wildman–Crippen LogP) is 3.85. The van der Waals surface area contributed by atoms with E-state index in [-0.39, 0.29) is 30.3 Å². The lowest BCUT2D eigenvalue weighted by atomic mass is 9.94.